The minimum absolute atomic E-state index is 0.0264. The first kappa shape index (κ1) is 16.7. The number of carbonyl (C=O) groups is 1. The normalized spacial score (nSPS) is 12.6. The van der Waals surface area contributed by atoms with Gasteiger partial charge in [-0.3, -0.25) is 4.79 Å². The number of rotatable bonds is 5. The van der Waals surface area contributed by atoms with Gasteiger partial charge in [0.1, 0.15) is 0 Å². The van der Waals surface area contributed by atoms with Crippen molar-refractivity contribution < 1.29 is 4.79 Å². The third-order valence-electron chi connectivity index (χ3n) is 2.85. The molecule has 0 aliphatic carbocycles. The lowest BCUT2D eigenvalue weighted by Crippen LogP contribution is -2.30. The number of nitrogens with two attached hydrogens (primary N) is 1. The van der Waals surface area contributed by atoms with Crippen molar-refractivity contribution in [1.82, 2.24) is 0 Å². The molecule has 3 N–H and O–H groups in total. The maximum atomic E-state index is 12.2. The highest BCUT2D eigenvalue weighted by Gasteiger charge is 2.20. The molecule has 0 spiro atoms. The minimum Gasteiger partial charge on any atom is -0.330 e. The van der Waals surface area contributed by atoms with Gasteiger partial charge in [-0.15, -0.1) is 0 Å². The summed E-state index contributed by atoms with van der Waals surface area (Å²) >= 11 is 6.94. The van der Waals surface area contributed by atoms with Crippen molar-refractivity contribution in [3.63, 3.8) is 0 Å². The Morgan fingerprint density at radius 1 is 1.32 bits per heavy atom. The van der Waals surface area contributed by atoms with Crippen LogP contribution < -0.4 is 11.1 Å². The van der Waals surface area contributed by atoms with Crippen molar-refractivity contribution in [2.75, 3.05) is 11.9 Å². The fraction of sp³-hybridized carbons (Fsp3) is 0.500. The van der Waals surface area contributed by atoms with Crippen LogP contribution in [-0.2, 0) is 4.79 Å². The Bertz CT molecular complexity index is 438. The fourth-order valence-corrected chi connectivity index (χ4v) is 3.54. The van der Waals surface area contributed by atoms with Crippen LogP contribution in [0.1, 0.15) is 25.8 Å². The van der Waals surface area contributed by atoms with Crippen molar-refractivity contribution in [3.05, 3.63) is 26.6 Å². The summed E-state index contributed by atoms with van der Waals surface area (Å²) in [5, 5.41) is 2.95. The Morgan fingerprint density at radius 3 is 2.26 bits per heavy atom. The Kier molecular flexibility index (Phi) is 6.50. The van der Waals surface area contributed by atoms with Gasteiger partial charge in [0.2, 0.25) is 5.91 Å². The molecule has 19 heavy (non-hydrogen) atoms. The zero-order valence-corrected chi connectivity index (χ0v) is 14.6. The molecule has 0 saturated heterocycles. The topological polar surface area (TPSA) is 55.1 Å². The molecular formula is C14H20Br2N2O. The Labute approximate surface area is 131 Å². The first-order valence-corrected chi connectivity index (χ1v) is 7.90. The Morgan fingerprint density at radius 2 is 1.84 bits per heavy atom. The van der Waals surface area contributed by atoms with E-state index in [9.17, 15) is 4.79 Å². The second kappa shape index (κ2) is 7.41. The van der Waals surface area contributed by atoms with Gasteiger partial charge in [0.05, 0.1) is 11.6 Å². The molecular weight excluding hydrogens is 372 g/mol. The molecule has 1 unspecified atom stereocenters. The smallest absolute Gasteiger partial charge is 0.228 e. The van der Waals surface area contributed by atoms with Gasteiger partial charge < -0.3 is 11.1 Å². The van der Waals surface area contributed by atoms with Gasteiger partial charge in [-0.25, -0.2) is 0 Å². The van der Waals surface area contributed by atoms with Crippen LogP contribution in [0.2, 0.25) is 0 Å². The monoisotopic (exact) mass is 390 g/mol. The standard InChI is InChI=1S/C14H20Br2N2O/c1-8(2)4-10(7-17)14(19)18-13-11(15)5-9(3)6-12(13)16/h5-6,8,10H,4,7,17H2,1-3H3,(H,18,19). The van der Waals surface area contributed by atoms with Crippen LogP contribution in [0.3, 0.4) is 0 Å². The molecule has 106 valence electrons. The highest BCUT2D eigenvalue weighted by molar-refractivity contribution is 9.11. The van der Waals surface area contributed by atoms with Crippen molar-refractivity contribution in [2.24, 2.45) is 17.6 Å². The molecule has 0 bridgehead atoms. The maximum Gasteiger partial charge on any atom is 0.228 e. The van der Waals surface area contributed by atoms with E-state index in [1.807, 2.05) is 19.1 Å². The molecule has 0 heterocycles. The molecule has 0 aliphatic rings. The number of nitrogens with one attached hydrogen (secondary N) is 1. The SMILES string of the molecule is Cc1cc(Br)c(NC(=O)C(CN)CC(C)C)c(Br)c1. The molecule has 0 aromatic heterocycles. The molecule has 0 radical (unpaired) electrons. The molecule has 0 saturated carbocycles. The van der Waals surface area contributed by atoms with Crippen molar-refractivity contribution in [1.29, 1.82) is 0 Å². The van der Waals surface area contributed by atoms with E-state index in [-0.39, 0.29) is 11.8 Å². The van der Waals surface area contributed by atoms with Crippen molar-refractivity contribution >= 4 is 43.5 Å². The lowest BCUT2D eigenvalue weighted by molar-refractivity contribution is -0.120. The van der Waals surface area contributed by atoms with Gasteiger partial charge in [0.25, 0.3) is 0 Å². The third kappa shape index (κ3) is 4.89. The minimum atomic E-state index is -0.153. The van der Waals surface area contributed by atoms with E-state index < -0.39 is 0 Å². The number of amides is 1. The highest BCUT2D eigenvalue weighted by Crippen LogP contribution is 2.32. The van der Waals surface area contributed by atoms with Gasteiger partial charge in [0.15, 0.2) is 0 Å². The zero-order chi connectivity index (χ0) is 14.6. The van der Waals surface area contributed by atoms with E-state index in [2.05, 4.69) is 51.0 Å². The predicted octanol–water partition coefficient (Wildman–Crippen LogP) is 4.08. The third-order valence-corrected chi connectivity index (χ3v) is 4.10. The number of carbonyl (C=O) groups excluding carboxylic acids is 1. The molecule has 1 atom stereocenters. The molecule has 3 nitrogen and oxygen atoms in total. The van der Waals surface area contributed by atoms with Crippen molar-refractivity contribution in [2.45, 2.75) is 27.2 Å². The summed E-state index contributed by atoms with van der Waals surface area (Å²) in [6.45, 7) is 6.55. The first-order valence-electron chi connectivity index (χ1n) is 6.31. The summed E-state index contributed by atoms with van der Waals surface area (Å²) in [5.41, 5.74) is 7.57. The number of hydrogen-bond donors (Lipinski definition) is 2. The zero-order valence-electron chi connectivity index (χ0n) is 11.5. The van der Waals surface area contributed by atoms with Crippen LogP contribution in [0.4, 0.5) is 5.69 Å². The lowest BCUT2D eigenvalue weighted by atomic mass is 9.96. The van der Waals surface area contributed by atoms with E-state index in [0.29, 0.717) is 12.5 Å². The average Bonchev–Trinajstić information content (AvgIpc) is 2.30. The van der Waals surface area contributed by atoms with E-state index in [1.165, 1.54) is 0 Å². The van der Waals surface area contributed by atoms with E-state index >= 15 is 0 Å². The van der Waals surface area contributed by atoms with Crippen LogP contribution in [0.5, 0.6) is 0 Å². The Hall–Kier alpha value is -0.390. The van der Waals surface area contributed by atoms with Gasteiger partial charge in [-0.1, -0.05) is 13.8 Å². The quantitative estimate of drug-likeness (QED) is 0.794. The largest absolute Gasteiger partial charge is 0.330 e. The van der Waals surface area contributed by atoms with Crippen LogP contribution in [0.25, 0.3) is 0 Å². The number of benzene rings is 1. The molecule has 5 heteroatoms. The molecule has 1 rings (SSSR count). The average molecular weight is 392 g/mol. The number of aryl methyl sites for hydroxylation is 1. The van der Waals surface area contributed by atoms with Gasteiger partial charge >= 0.3 is 0 Å². The number of halogens is 2. The molecule has 1 aromatic carbocycles. The van der Waals surface area contributed by atoms with Gasteiger partial charge in [-0.2, -0.15) is 0 Å². The molecule has 0 fully saturated rings. The summed E-state index contributed by atoms with van der Waals surface area (Å²) in [5.74, 6) is 0.269. The maximum absolute atomic E-state index is 12.2. The van der Waals surface area contributed by atoms with Crippen molar-refractivity contribution in [3.8, 4) is 0 Å². The van der Waals surface area contributed by atoms with Crippen LogP contribution in [0.15, 0.2) is 21.1 Å². The number of hydrogen-bond acceptors (Lipinski definition) is 2. The molecule has 1 amide bonds. The van der Waals surface area contributed by atoms with E-state index in [1.54, 1.807) is 0 Å². The predicted molar refractivity (Wildman–Crippen MR) is 87.2 cm³/mol. The summed E-state index contributed by atoms with van der Waals surface area (Å²) in [6, 6.07) is 3.94. The second-order valence-electron chi connectivity index (χ2n) is 5.15. The van der Waals surface area contributed by atoms with E-state index in [4.69, 9.17) is 5.73 Å². The molecule has 0 aliphatic heterocycles. The number of anilines is 1. The first-order chi connectivity index (χ1) is 8.85. The lowest BCUT2D eigenvalue weighted by Gasteiger charge is -2.18. The van der Waals surface area contributed by atoms with Gasteiger partial charge in [-0.05, 0) is 68.8 Å². The summed E-state index contributed by atoms with van der Waals surface area (Å²) in [6.07, 6.45) is 0.795. The van der Waals surface area contributed by atoms with Crippen LogP contribution in [0, 0.1) is 18.8 Å². The summed E-state index contributed by atoms with van der Waals surface area (Å²) < 4.78 is 1.74. The Balaban J connectivity index is 2.87. The molecule has 1 aromatic rings. The highest BCUT2D eigenvalue weighted by atomic mass is 79.9. The second-order valence-corrected chi connectivity index (χ2v) is 6.86. The van der Waals surface area contributed by atoms with Crippen LogP contribution in [-0.4, -0.2) is 12.5 Å². The van der Waals surface area contributed by atoms with Gasteiger partial charge in [0, 0.05) is 15.5 Å². The fourth-order valence-electron chi connectivity index (χ4n) is 1.92. The van der Waals surface area contributed by atoms with E-state index in [0.717, 1.165) is 26.6 Å². The van der Waals surface area contributed by atoms with Crippen LogP contribution >= 0.6 is 31.9 Å². The summed E-state index contributed by atoms with van der Waals surface area (Å²) in [4.78, 5) is 12.2. The summed E-state index contributed by atoms with van der Waals surface area (Å²) in [7, 11) is 0.